The molecule has 1 rings (SSSR count). The lowest BCUT2D eigenvalue weighted by Gasteiger charge is -2.27. The fourth-order valence-electron chi connectivity index (χ4n) is 2.15. The molecule has 1 aromatic rings. The largest absolute Gasteiger partial charge is 0.351 e. The van der Waals surface area contributed by atoms with Crippen molar-refractivity contribution in [3.05, 3.63) is 35.9 Å². The fourth-order valence-corrected chi connectivity index (χ4v) is 2.15. The number of carbonyl (C=O) groups excluding carboxylic acids is 1. The van der Waals surface area contributed by atoms with Crippen LogP contribution in [-0.2, 0) is 11.2 Å². The van der Waals surface area contributed by atoms with Crippen molar-refractivity contribution >= 4 is 5.91 Å². The highest BCUT2D eigenvalue weighted by molar-refractivity contribution is 5.76. The predicted octanol–water partition coefficient (Wildman–Crippen LogP) is 3.29. The van der Waals surface area contributed by atoms with Crippen LogP contribution >= 0.6 is 0 Å². The first kappa shape index (κ1) is 17.7. The van der Waals surface area contributed by atoms with Crippen molar-refractivity contribution in [1.82, 2.24) is 10.6 Å². The van der Waals surface area contributed by atoms with Crippen LogP contribution in [-0.4, -0.2) is 23.5 Å². The zero-order valence-electron chi connectivity index (χ0n) is 14.1. The Morgan fingerprint density at radius 2 is 1.67 bits per heavy atom. The van der Waals surface area contributed by atoms with Crippen LogP contribution in [0.15, 0.2) is 30.3 Å². The van der Waals surface area contributed by atoms with Crippen molar-refractivity contribution in [1.29, 1.82) is 0 Å². The SMILES string of the molecule is CC(C)(C)NCCC(=O)NC(C)(C)CCc1ccccc1. The minimum Gasteiger partial charge on any atom is -0.351 e. The fraction of sp³-hybridized carbons (Fsp3) is 0.611. The van der Waals surface area contributed by atoms with Gasteiger partial charge < -0.3 is 10.6 Å². The van der Waals surface area contributed by atoms with E-state index >= 15 is 0 Å². The molecule has 0 spiro atoms. The number of nitrogens with one attached hydrogen (secondary N) is 2. The zero-order chi connectivity index (χ0) is 15.9. The molecule has 0 saturated heterocycles. The van der Waals surface area contributed by atoms with Gasteiger partial charge >= 0.3 is 0 Å². The second-order valence-corrected chi connectivity index (χ2v) is 7.34. The van der Waals surface area contributed by atoms with Crippen molar-refractivity contribution in [3.63, 3.8) is 0 Å². The Morgan fingerprint density at radius 3 is 2.24 bits per heavy atom. The Kier molecular flexibility index (Phi) is 6.41. The molecule has 0 unspecified atom stereocenters. The molecule has 0 aliphatic rings. The molecule has 118 valence electrons. The molecule has 21 heavy (non-hydrogen) atoms. The van der Waals surface area contributed by atoms with Crippen molar-refractivity contribution in [2.24, 2.45) is 0 Å². The summed E-state index contributed by atoms with van der Waals surface area (Å²) in [6.07, 6.45) is 2.44. The van der Waals surface area contributed by atoms with E-state index in [4.69, 9.17) is 0 Å². The normalized spacial score (nSPS) is 12.2. The topological polar surface area (TPSA) is 41.1 Å². The number of hydrogen-bond donors (Lipinski definition) is 2. The Morgan fingerprint density at radius 1 is 1.05 bits per heavy atom. The third-order valence-corrected chi connectivity index (χ3v) is 3.37. The van der Waals surface area contributed by atoms with Crippen LogP contribution in [0.5, 0.6) is 0 Å². The maximum atomic E-state index is 12.0. The molecule has 0 fully saturated rings. The molecule has 0 heterocycles. The van der Waals surface area contributed by atoms with E-state index in [0.29, 0.717) is 13.0 Å². The smallest absolute Gasteiger partial charge is 0.221 e. The second kappa shape index (κ2) is 7.60. The monoisotopic (exact) mass is 290 g/mol. The Labute approximate surface area is 129 Å². The van der Waals surface area contributed by atoms with Gasteiger partial charge in [0.05, 0.1) is 0 Å². The standard InChI is InChI=1S/C18H30N2O/c1-17(2,3)19-14-12-16(21)20-18(4,5)13-11-15-9-7-6-8-10-15/h6-10,19H,11-14H2,1-5H3,(H,20,21). The average Bonchev–Trinajstić information content (AvgIpc) is 2.35. The minimum absolute atomic E-state index is 0.0586. The van der Waals surface area contributed by atoms with Gasteiger partial charge in [-0.25, -0.2) is 0 Å². The van der Waals surface area contributed by atoms with Gasteiger partial charge in [-0.1, -0.05) is 30.3 Å². The highest BCUT2D eigenvalue weighted by Gasteiger charge is 2.20. The van der Waals surface area contributed by atoms with E-state index in [0.717, 1.165) is 12.8 Å². The van der Waals surface area contributed by atoms with Gasteiger partial charge in [0.15, 0.2) is 0 Å². The van der Waals surface area contributed by atoms with Crippen molar-refractivity contribution < 1.29 is 4.79 Å². The number of benzene rings is 1. The van der Waals surface area contributed by atoms with Crippen molar-refractivity contribution in [2.75, 3.05) is 6.54 Å². The third-order valence-electron chi connectivity index (χ3n) is 3.37. The highest BCUT2D eigenvalue weighted by Crippen LogP contribution is 2.13. The van der Waals surface area contributed by atoms with Crippen LogP contribution in [0.2, 0.25) is 0 Å². The second-order valence-electron chi connectivity index (χ2n) is 7.34. The molecule has 0 radical (unpaired) electrons. The molecule has 2 N–H and O–H groups in total. The lowest BCUT2D eigenvalue weighted by molar-refractivity contribution is -0.122. The highest BCUT2D eigenvalue weighted by atomic mass is 16.1. The van der Waals surface area contributed by atoms with Gasteiger partial charge in [0.1, 0.15) is 0 Å². The van der Waals surface area contributed by atoms with Gasteiger partial charge in [0, 0.05) is 24.0 Å². The number of aryl methyl sites for hydroxylation is 1. The summed E-state index contributed by atoms with van der Waals surface area (Å²) < 4.78 is 0. The van der Waals surface area contributed by atoms with Gasteiger partial charge in [-0.2, -0.15) is 0 Å². The summed E-state index contributed by atoms with van der Waals surface area (Å²) in [5, 5.41) is 6.47. The summed E-state index contributed by atoms with van der Waals surface area (Å²) >= 11 is 0. The maximum absolute atomic E-state index is 12.0. The van der Waals surface area contributed by atoms with Crippen LogP contribution in [0.3, 0.4) is 0 Å². The van der Waals surface area contributed by atoms with Crippen LogP contribution in [0, 0.1) is 0 Å². The lowest BCUT2D eigenvalue weighted by atomic mass is 9.95. The van der Waals surface area contributed by atoms with E-state index < -0.39 is 0 Å². The number of rotatable bonds is 7. The van der Waals surface area contributed by atoms with E-state index in [1.807, 2.05) is 6.07 Å². The van der Waals surface area contributed by atoms with Gasteiger partial charge in [-0.05, 0) is 53.0 Å². The first-order valence-corrected chi connectivity index (χ1v) is 7.78. The van der Waals surface area contributed by atoms with Gasteiger partial charge in [-0.3, -0.25) is 4.79 Å². The van der Waals surface area contributed by atoms with E-state index in [2.05, 4.69) is 69.5 Å². The molecule has 1 amide bonds. The van der Waals surface area contributed by atoms with Crippen LogP contribution in [0.4, 0.5) is 0 Å². The molecule has 3 nitrogen and oxygen atoms in total. The summed E-state index contributed by atoms with van der Waals surface area (Å²) in [5.74, 6) is 0.116. The number of hydrogen-bond acceptors (Lipinski definition) is 2. The van der Waals surface area contributed by atoms with E-state index in [1.54, 1.807) is 0 Å². The van der Waals surface area contributed by atoms with Crippen LogP contribution < -0.4 is 10.6 Å². The molecule has 0 aliphatic heterocycles. The number of amides is 1. The zero-order valence-corrected chi connectivity index (χ0v) is 14.1. The molecular formula is C18H30N2O. The molecule has 0 saturated carbocycles. The first-order valence-electron chi connectivity index (χ1n) is 7.78. The molecule has 0 aromatic heterocycles. The first-order chi connectivity index (χ1) is 9.68. The van der Waals surface area contributed by atoms with Gasteiger partial charge in [-0.15, -0.1) is 0 Å². The quantitative estimate of drug-likeness (QED) is 0.809. The summed E-state index contributed by atoms with van der Waals surface area (Å²) in [6, 6.07) is 10.4. The van der Waals surface area contributed by atoms with Crippen LogP contribution in [0.25, 0.3) is 0 Å². The Hall–Kier alpha value is -1.35. The summed E-state index contributed by atoms with van der Waals surface area (Å²) in [4.78, 5) is 12.0. The summed E-state index contributed by atoms with van der Waals surface area (Å²) in [5.41, 5.74) is 1.20. The summed E-state index contributed by atoms with van der Waals surface area (Å²) in [6.45, 7) is 11.2. The molecule has 0 bridgehead atoms. The Balaban J connectivity index is 2.32. The average molecular weight is 290 g/mol. The van der Waals surface area contributed by atoms with Gasteiger partial charge in [0.2, 0.25) is 5.91 Å². The van der Waals surface area contributed by atoms with Gasteiger partial charge in [0.25, 0.3) is 0 Å². The molecular weight excluding hydrogens is 260 g/mol. The maximum Gasteiger partial charge on any atom is 0.221 e. The predicted molar refractivity (Wildman–Crippen MR) is 89.4 cm³/mol. The minimum atomic E-state index is -0.172. The molecule has 3 heteroatoms. The molecule has 0 atom stereocenters. The van der Waals surface area contributed by atoms with Crippen molar-refractivity contribution in [2.45, 2.75) is 65.0 Å². The lowest BCUT2D eigenvalue weighted by Crippen LogP contribution is -2.45. The molecule has 0 aliphatic carbocycles. The van der Waals surface area contributed by atoms with E-state index in [1.165, 1.54) is 5.56 Å². The van der Waals surface area contributed by atoms with Crippen LogP contribution in [0.1, 0.15) is 53.0 Å². The molecule has 1 aromatic carbocycles. The number of carbonyl (C=O) groups is 1. The van der Waals surface area contributed by atoms with E-state index in [9.17, 15) is 4.79 Å². The third kappa shape index (κ3) is 8.51. The summed E-state index contributed by atoms with van der Waals surface area (Å²) in [7, 11) is 0. The van der Waals surface area contributed by atoms with Crippen molar-refractivity contribution in [3.8, 4) is 0 Å². The Bertz CT molecular complexity index is 432. The van der Waals surface area contributed by atoms with E-state index in [-0.39, 0.29) is 17.0 Å².